The topological polar surface area (TPSA) is 34.0 Å². The highest BCUT2D eigenvalue weighted by atomic mass is 16.1. The molecule has 0 aliphatic rings. The number of pyridine rings is 1. The third-order valence-corrected chi connectivity index (χ3v) is 2.67. The van der Waals surface area contributed by atoms with E-state index in [1.54, 1.807) is 16.7 Å². The van der Waals surface area contributed by atoms with Crippen LogP contribution in [-0.4, -0.2) is 17.7 Å². The maximum Gasteiger partial charge on any atom is 0.250 e. The average molecular weight is 208 g/mol. The highest BCUT2D eigenvalue weighted by molar-refractivity contribution is 4.94. The molecule has 1 aromatic heterocycles. The van der Waals surface area contributed by atoms with Crippen molar-refractivity contribution in [2.24, 2.45) is 5.41 Å². The van der Waals surface area contributed by atoms with E-state index in [2.05, 4.69) is 26.1 Å². The number of likely N-dealkylation sites (N-methyl/N-ethyl adjacent to an activating group) is 1. The predicted molar refractivity (Wildman–Crippen MR) is 63.0 cm³/mol. The SMILES string of the molecule is CNC(Cn1ccccc1=O)C(C)(C)C. The Kier molecular flexibility index (Phi) is 3.69. The van der Waals surface area contributed by atoms with Gasteiger partial charge < -0.3 is 9.88 Å². The molecule has 0 aromatic carbocycles. The summed E-state index contributed by atoms with van der Waals surface area (Å²) in [4.78, 5) is 11.5. The van der Waals surface area contributed by atoms with Crippen molar-refractivity contribution in [3.8, 4) is 0 Å². The summed E-state index contributed by atoms with van der Waals surface area (Å²) in [6, 6.07) is 5.54. The maximum atomic E-state index is 11.5. The fourth-order valence-corrected chi connectivity index (χ4v) is 1.61. The fraction of sp³-hybridized carbons (Fsp3) is 0.583. The molecular weight excluding hydrogens is 188 g/mol. The minimum absolute atomic E-state index is 0.0574. The van der Waals surface area contributed by atoms with E-state index in [4.69, 9.17) is 0 Å². The van der Waals surface area contributed by atoms with Gasteiger partial charge in [0, 0.05) is 24.8 Å². The van der Waals surface area contributed by atoms with Gasteiger partial charge in [-0.3, -0.25) is 4.79 Å². The molecule has 0 spiro atoms. The highest BCUT2D eigenvalue weighted by Gasteiger charge is 2.23. The van der Waals surface area contributed by atoms with Gasteiger partial charge in [-0.1, -0.05) is 26.8 Å². The quantitative estimate of drug-likeness (QED) is 0.816. The van der Waals surface area contributed by atoms with Crippen LogP contribution in [0.5, 0.6) is 0 Å². The molecular formula is C12H20N2O. The Balaban J connectivity index is 2.85. The number of hydrogen-bond donors (Lipinski definition) is 1. The van der Waals surface area contributed by atoms with Crippen LogP contribution in [0.1, 0.15) is 20.8 Å². The molecule has 0 aliphatic carbocycles. The van der Waals surface area contributed by atoms with Crippen LogP contribution in [0.3, 0.4) is 0 Å². The molecule has 15 heavy (non-hydrogen) atoms. The van der Waals surface area contributed by atoms with Crippen LogP contribution in [0, 0.1) is 5.41 Å². The van der Waals surface area contributed by atoms with Crippen molar-refractivity contribution in [3.05, 3.63) is 34.7 Å². The Morgan fingerprint density at radius 3 is 2.53 bits per heavy atom. The van der Waals surface area contributed by atoms with Crippen LogP contribution >= 0.6 is 0 Å². The van der Waals surface area contributed by atoms with Crippen molar-refractivity contribution in [1.82, 2.24) is 9.88 Å². The fourth-order valence-electron chi connectivity index (χ4n) is 1.61. The smallest absolute Gasteiger partial charge is 0.250 e. The van der Waals surface area contributed by atoms with Crippen molar-refractivity contribution >= 4 is 0 Å². The van der Waals surface area contributed by atoms with E-state index in [1.807, 2.05) is 19.3 Å². The molecule has 0 amide bonds. The van der Waals surface area contributed by atoms with Crippen molar-refractivity contribution in [1.29, 1.82) is 0 Å². The van der Waals surface area contributed by atoms with Gasteiger partial charge in [0.15, 0.2) is 0 Å². The summed E-state index contributed by atoms with van der Waals surface area (Å²) in [7, 11) is 1.93. The van der Waals surface area contributed by atoms with Gasteiger partial charge in [-0.2, -0.15) is 0 Å². The molecule has 0 fully saturated rings. The minimum atomic E-state index is 0.0574. The van der Waals surface area contributed by atoms with E-state index < -0.39 is 0 Å². The molecule has 0 radical (unpaired) electrons. The van der Waals surface area contributed by atoms with Crippen molar-refractivity contribution in [3.63, 3.8) is 0 Å². The first-order valence-corrected chi connectivity index (χ1v) is 5.28. The van der Waals surface area contributed by atoms with Gasteiger partial charge in [0.2, 0.25) is 0 Å². The standard InChI is InChI=1S/C12H20N2O/c1-12(2,3)10(13-4)9-14-8-6-5-7-11(14)15/h5-8,10,13H,9H2,1-4H3. The van der Waals surface area contributed by atoms with Crippen LogP contribution in [-0.2, 0) is 6.54 Å². The molecule has 1 atom stereocenters. The summed E-state index contributed by atoms with van der Waals surface area (Å²) in [6.45, 7) is 7.21. The van der Waals surface area contributed by atoms with E-state index in [1.165, 1.54) is 0 Å². The molecule has 3 heteroatoms. The summed E-state index contributed by atoms with van der Waals surface area (Å²) >= 11 is 0. The zero-order valence-electron chi connectivity index (χ0n) is 9.95. The zero-order chi connectivity index (χ0) is 11.5. The Labute approximate surface area is 91.1 Å². The van der Waals surface area contributed by atoms with Gasteiger partial charge in [-0.15, -0.1) is 0 Å². The number of nitrogens with one attached hydrogen (secondary N) is 1. The highest BCUT2D eigenvalue weighted by Crippen LogP contribution is 2.19. The van der Waals surface area contributed by atoms with Crippen LogP contribution in [0.4, 0.5) is 0 Å². The normalized spacial score (nSPS) is 13.9. The van der Waals surface area contributed by atoms with Gasteiger partial charge in [0.1, 0.15) is 0 Å². The number of rotatable bonds is 3. The van der Waals surface area contributed by atoms with Crippen LogP contribution in [0.15, 0.2) is 29.2 Å². The lowest BCUT2D eigenvalue weighted by molar-refractivity contribution is 0.252. The van der Waals surface area contributed by atoms with Gasteiger partial charge in [-0.05, 0) is 18.5 Å². The largest absolute Gasteiger partial charge is 0.315 e. The van der Waals surface area contributed by atoms with E-state index >= 15 is 0 Å². The Hall–Kier alpha value is -1.09. The summed E-state index contributed by atoms with van der Waals surface area (Å²) in [5.74, 6) is 0. The second-order valence-corrected chi connectivity index (χ2v) is 4.90. The molecule has 1 heterocycles. The Morgan fingerprint density at radius 2 is 2.07 bits per heavy atom. The molecule has 0 bridgehead atoms. The van der Waals surface area contributed by atoms with Gasteiger partial charge in [0.05, 0.1) is 0 Å². The monoisotopic (exact) mass is 208 g/mol. The van der Waals surface area contributed by atoms with Crippen LogP contribution in [0.25, 0.3) is 0 Å². The van der Waals surface area contributed by atoms with Crippen LogP contribution < -0.4 is 10.9 Å². The van der Waals surface area contributed by atoms with Gasteiger partial charge in [-0.25, -0.2) is 0 Å². The van der Waals surface area contributed by atoms with E-state index in [-0.39, 0.29) is 17.0 Å². The van der Waals surface area contributed by atoms with E-state index in [0.717, 1.165) is 0 Å². The van der Waals surface area contributed by atoms with Crippen LogP contribution in [0.2, 0.25) is 0 Å². The summed E-state index contributed by atoms with van der Waals surface area (Å²) in [6.07, 6.45) is 1.83. The van der Waals surface area contributed by atoms with Crippen molar-refractivity contribution in [2.75, 3.05) is 7.05 Å². The third-order valence-electron chi connectivity index (χ3n) is 2.67. The summed E-state index contributed by atoms with van der Waals surface area (Å²) in [5, 5.41) is 3.26. The molecule has 3 nitrogen and oxygen atoms in total. The lowest BCUT2D eigenvalue weighted by atomic mass is 9.87. The molecule has 0 saturated heterocycles. The molecule has 1 rings (SSSR count). The summed E-state index contributed by atoms with van der Waals surface area (Å²) < 4.78 is 1.74. The van der Waals surface area contributed by atoms with Crippen molar-refractivity contribution < 1.29 is 0 Å². The second kappa shape index (κ2) is 4.62. The Bertz CT molecular complexity index is 362. The molecule has 1 unspecified atom stereocenters. The number of hydrogen-bond acceptors (Lipinski definition) is 2. The Morgan fingerprint density at radius 1 is 1.40 bits per heavy atom. The zero-order valence-corrected chi connectivity index (χ0v) is 9.95. The number of aromatic nitrogens is 1. The lowest BCUT2D eigenvalue weighted by Crippen LogP contribution is -2.43. The maximum absolute atomic E-state index is 11.5. The van der Waals surface area contributed by atoms with Gasteiger partial charge in [0.25, 0.3) is 5.56 Å². The molecule has 1 aromatic rings. The first-order chi connectivity index (χ1) is 6.95. The molecule has 0 saturated carbocycles. The number of nitrogens with zero attached hydrogens (tertiary/aromatic N) is 1. The van der Waals surface area contributed by atoms with E-state index in [0.29, 0.717) is 6.54 Å². The minimum Gasteiger partial charge on any atom is -0.315 e. The predicted octanol–water partition coefficient (Wildman–Crippen LogP) is 1.48. The molecule has 84 valence electrons. The van der Waals surface area contributed by atoms with Crippen molar-refractivity contribution in [2.45, 2.75) is 33.4 Å². The molecule has 0 aliphatic heterocycles. The average Bonchev–Trinajstić information content (AvgIpc) is 2.14. The molecule has 1 N–H and O–H groups in total. The van der Waals surface area contributed by atoms with E-state index in [9.17, 15) is 4.79 Å². The first kappa shape index (κ1) is 12.0. The lowest BCUT2D eigenvalue weighted by Gasteiger charge is -2.30. The third kappa shape index (κ3) is 3.20. The second-order valence-electron chi connectivity index (χ2n) is 4.90. The first-order valence-electron chi connectivity index (χ1n) is 5.28. The van der Waals surface area contributed by atoms with Gasteiger partial charge >= 0.3 is 0 Å². The summed E-state index contributed by atoms with van der Waals surface area (Å²) in [5.41, 5.74) is 0.200.